The third-order valence-electron chi connectivity index (χ3n) is 2.73. The Hall–Kier alpha value is -1.62. The summed E-state index contributed by atoms with van der Waals surface area (Å²) in [5.41, 5.74) is 0.684. The molecule has 5 heteroatoms. The minimum absolute atomic E-state index is 0.183. The summed E-state index contributed by atoms with van der Waals surface area (Å²) in [6, 6.07) is 1.44. The number of hydrogen-bond acceptors (Lipinski definition) is 3. The first-order chi connectivity index (χ1) is 8.95. The standard InChI is InChI=1S/C14H22N2O3/c1-10(2)9-16(5-6-19-4)14(18)12-8-15-11(3)7-13(12)17/h7-8,10H,5-6,9H2,1-4H3,(H,15,17). The minimum atomic E-state index is -0.244. The predicted octanol–water partition coefficient (Wildman–Crippen LogP) is 1.43. The van der Waals surface area contributed by atoms with Gasteiger partial charge in [0.1, 0.15) is 5.56 Å². The fraction of sp³-hybridized carbons (Fsp3) is 0.571. The number of carbonyl (C=O) groups is 1. The number of hydrogen-bond donors (Lipinski definition) is 1. The molecule has 0 radical (unpaired) electrons. The number of carbonyl (C=O) groups excluding carboxylic acids is 1. The highest BCUT2D eigenvalue weighted by molar-refractivity contribution is 5.93. The fourth-order valence-electron chi connectivity index (χ4n) is 1.83. The van der Waals surface area contributed by atoms with Crippen molar-refractivity contribution in [2.75, 3.05) is 26.8 Å². The molecule has 106 valence electrons. The van der Waals surface area contributed by atoms with Crippen molar-refractivity contribution in [1.29, 1.82) is 0 Å². The van der Waals surface area contributed by atoms with Crippen LogP contribution in [0.1, 0.15) is 29.9 Å². The van der Waals surface area contributed by atoms with E-state index in [2.05, 4.69) is 4.98 Å². The van der Waals surface area contributed by atoms with Crippen molar-refractivity contribution < 1.29 is 9.53 Å². The van der Waals surface area contributed by atoms with Crippen LogP contribution in [0.5, 0.6) is 0 Å². The summed E-state index contributed by atoms with van der Waals surface area (Å²) < 4.78 is 5.01. The average molecular weight is 266 g/mol. The molecule has 0 bridgehead atoms. The maximum atomic E-state index is 12.4. The van der Waals surface area contributed by atoms with Gasteiger partial charge in [0.05, 0.1) is 6.61 Å². The van der Waals surface area contributed by atoms with Crippen molar-refractivity contribution in [3.63, 3.8) is 0 Å². The molecule has 5 nitrogen and oxygen atoms in total. The molecule has 0 unspecified atom stereocenters. The van der Waals surface area contributed by atoms with Gasteiger partial charge in [0.15, 0.2) is 5.43 Å². The lowest BCUT2D eigenvalue weighted by atomic mass is 10.1. The summed E-state index contributed by atoms with van der Waals surface area (Å²) in [4.78, 5) is 28.8. The van der Waals surface area contributed by atoms with Crippen LogP contribution in [0.25, 0.3) is 0 Å². The number of aromatic amines is 1. The van der Waals surface area contributed by atoms with Gasteiger partial charge < -0.3 is 14.6 Å². The quantitative estimate of drug-likeness (QED) is 0.847. The Labute approximate surface area is 113 Å². The highest BCUT2D eigenvalue weighted by atomic mass is 16.5. The number of H-pyrrole nitrogens is 1. The Morgan fingerprint density at radius 3 is 2.68 bits per heavy atom. The number of aryl methyl sites for hydroxylation is 1. The van der Waals surface area contributed by atoms with E-state index in [-0.39, 0.29) is 16.9 Å². The number of nitrogens with zero attached hydrogens (tertiary/aromatic N) is 1. The van der Waals surface area contributed by atoms with Crippen molar-refractivity contribution in [2.45, 2.75) is 20.8 Å². The lowest BCUT2D eigenvalue weighted by molar-refractivity contribution is 0.0670. The molecule has 1 rings (SSSR count). The smallest absolute Gasteiger partial charge is 0.259 e. The molecule has 1 aromatic heterocycles. The van der Waals surface area contributed by atoms with Gasteiger partial charge in [-0.1, -0.05) is 13.8 Å². The summed E-state index contributed by atoms with van der Waals surface area (Å²) >= 11 is 0. The zero-order valence-electron chi connectivity index (χ0n) is 12.0. The number of amides is 1. The number of pyridine rings is 1. The minimum Gasteiger partial charge on any atom is -0.383 e. The molecule has 19 heavy (non-hydrogen) atoms. The third kappa shape index (κ3) is 4.52. The molecule has 0 aromatic carbocycles. The zero-order valence-corrected chi connectivity index (χ0v) is 12.0. The lowest BCUT2D eigenvalue weighted by Crippen LogP contribution is -2.39. The van der Waals surface area contributed by atoms with E-state index in [9.17, 15) is 9.59 Å². The van der Waals surface area contributed by atoms with Crippen LogP contribution in [0.3, 0.4) is 0 Å². The molecule has 0 aliphatic heterocycles. The van der Waals surface area contributed by atoms with Crippen LogP contribution in [-0.4, -0.2) is 42.6 Å². The predicted molar refractivity (Wildman–Crippen MR) is 74.4 cm³/mol. The first kappa shape index (κ1) is 15.4. The number of nitrogens with one attached hydrogen (secondary N) is 1. The molecule has 1 N–H and O–H groups in total. The Balaban J connectivity index is 2.94. The second kappa shape index (κ2) is 7.09. The van der Waals surface area contributed by atoms with Crippen LogP contribution in [0.4, 0.5) is 0 Å². The van der Waals surface area contributed by atoms with Crippen molar-refractivity contribution in [2.24, 2.45) is 5.92 Å². The van der Waals surface area contributed by atoms with Crippen LogP contribution >= 0.6 is 0 Å². The molecule has 0 saturated carbocycles. The van der Waals surface area contributed by atoms with E-state index in [1.807, 2.05) is 13.8 Å². The van der Waals surface area contributed by atoms with Crippen LogP contribution in [0.15, 0.2) is 17.1 Å². The maximum absolute atomic E-state index is 12.4. The van der Waals surface area contributed by atoms with E-state index in [0.717, 1.165) is 5.69 Å². The second-order valence-electron chi connectivity index (χ2n) is 5.03. The van der Waals surface area contributed by atoms with Crippen LogP contribution in [0, 0.1) is 12.8 Å². The van der Waals surface area contributed by atoms with Gasteiger partial charge in [-0.3, -0.25) is 9.59 Å². The zero-order chi connectivity index (χ0) is 14.4. The van der Waals surface area contributed by atoms with Crippen molar-refractivity contribution in [3.05, 3.63) is 33.7 Å². The lowest BCUT2D eigenvalue weighted by Gasteiger charge is -2.24. The molecule has 1 heterocycles. The van der Waals surface area contributed by atoms with Gasteiger partial charge in [-0.15, -0.1) is 0 Å². The monoisotopic (exact) mass is 266 g/mol. The molecular formula is C14H22N2O3. The SMILES string of the molecule is COCCN(CC(C)C)C(=O)c1c[nH]c(C)cc1=O. The fourth-order valence-corrected chi connectivity index (χ4v) is 1.83. The van der Waals surface area contributed by atoms with Crippen LogP contribution in [-0.2, 0) is 4.74 Å². The largest absolute Gasteiger partial charge is 0.383 e. The Bertz CT molecular complexity index is 480. The average Bonchev–Trinajstić information content (AvgIpc) is 2.33. The second-order valence-corrected chi connectivity index (χ2v) is 5.03. The van der Waals surface area contributed by atoms with Gasteiger partial charge >= 0.3 is 0 Å². The molecule has 1 amide bonds. The molecule has 0 aliphatic carbocycles. The molecule has 0 aliphatic rings. The molecule has 0 spiro atoms. The van der Waals surface area contributed by atoms with Gasteiger partial charge in [-0.05, 0) is 12.8 Å². The first-order valence-electron chi connectivity index (χ1n) is 6.43. The maximum Gasteiger partial charge on any atom is 0.259 e. The van der Waals surface area contributed by atoms with E-state index >= 15 is 0 Å². The first-order valence-corrected chi connectivity index (χ1v) is 6.43. The Morgan fingerprint density at radius 2 is 2.16 bits per heavy atom. The van der Waals surface area contributed by atoms with E-state index < -0.39 is 0 Å². The Morgan fingerprint density at radius 1 is 1.47 bits per heavy atom. The molecule has 0 atom stereocenters. The van der Waals surface area contributed by atoms with Gasteiger partial charge in [0.25, 0.3) is 5.91 Å². The van der Waals surface area contributed by atoms with Crippen LogP contribution in [0.2, 0.25) is 0 Å². The normalized spacial score (nSPS) is 10.8. The Kier molecular flexibility index (Phi) is 5.76. The van der Waals surface area contributed by atoms with Gasteiger partial charge in [-0.2, -0.15) is 0 Å². The number of methoxy groups -OCH3 is 1. The summed E-state index contributed by atoms with van der Waals surface area (Å²) in [5.74, 6) is 0.0948. The van der Waals surface area contributed by atoms with Gasteiger partial charge in [0, 0.05) is 38.2 Å². The van der Waals surface area contributed by atoms with E-state index in [1.165, 1.54) is 12.3 Å². The highest BCUT2D eigenvalue weighted by Gasteiger charge is 2.19. The third-order valence-corrected chi connectivity index (χ3v) is 2.73. The van der Waals surface area contributed by atoms with Crippen molar-refractivity contribution in [1.82, 2.24) is 9.88 Å². The van der Waals surface area contributed by atoms with E-state index in [1.54, 1.807) is 18.9 Å². The topological polar surface area (TPSA) is 62.4 Å². The molecule has 1 aromatic rings. The van der Waals surface area contributed by atoms with Crippen LogP contribution < -0.4 is 5.43 Å². The number of aromatic nitrogens is 1. The number of ether oxygens (including phenoxy) is 1. The number of rotatable bonds is 6. The molecular weight excluding hydrogens is 244 g/mol. The molecule has 0 fully saturated rings. The summed E-state index contributed by atoms with van der Waals surface area (Å²) in [6.45, 7) is 7.41. The summed E-state index contributed by atoms with van der Waals surface area (Å²) in [6.07, 6.45) is 1.49. The van der Waals surface area contributed by atoms with E-state index in [4.69, 9.17) is 4.74 Å². The summed E-state index contributed by atoms with van der Waals surface area (Å²) in [7, 11) is 1.59. The van der Waals surface area contributed by atoms with Crippen molar-refractivity contribution >= 4 is 5.91 Å². The molecule has 0 saturated heterocycles. The highest BCUT2D eigenvalue weighted by Crippen LogP contribution is 2.04. The van der Waals surface area contributed by atoms with Gasteiger partial charge in [0.2, 0.25) is 0 Å². The van der Waals surface area contributed by atoms with Crippen molar-refractivity contribution in [3.8, 4) is 0 Å². The van der Waals surface area contributed by atoms with E-state index in [0.29, 0.717) is 25.6 Å². The summed E-state index contributed by atoms with van der Waals surface area (Å²) in [5, 5.41) is 0. The van der Waals surface area contributed by atoms with Gasteiger partial charge in [-0.25, -0.2) is 0 Å².